The second-order valence-electron chi connectivity index (χ2n) is 17.9. The average molecular weight is 856 g/mol. The summed E-state index contributed by atoms with van der Waals surface area (Å²) in [5.74, 6) is -0.492. The number of carbonyl (C=O) groups is 2. The van der Waals surface area contributed by atoms with Crippen molar-refractivity contribution in [3.8, 4) is 0 Å². The van der Waals surface area contributed by atoms with Gasteiger partial charge in [-0.3, -0.25) is 9.59 Å². The standard InChI is InChI=1S/C55H101NO5/c1-4-7-10-13-16-19-22-25-27-28-29-32-35-38-41-44-47-53(58)52(50-57)56-54(59)49-51(46-43-40-37-34-31-24-21-18-15-12-9-6-3)61-55(60)48-45-42-39-36-33-30-26-23-20-17-14-11-8-5-2/h8-9,11-12,17-18,20-21,51-53,57-58H,4-7,10,13-16,19,22-50H2,1-3H3,(H,56,59)/b11-8+,12-9+,20-17+,21-18+. The summed E-state index contributed by atoms with van der Waals surface area (Å²) in [7, 11) is 0. The van der Waals surface area contributed by atoms with E-state index in [9.17, 15) is 19.8 Å². The Hall–Kier alpha value is -2.18. The number of rotatable bonds is 47. The molecule has 3 N–H and O–H groups in total. The molecule has 1 amide bonds. The number of aliphatic hydroxyl groups is 2. The monoisotopic (exact) mass is 856 g/mol. The molecule has 6 heteroatoms. The number of carbonyl (C=O) groups excluding carboxylic acids is 2. The van der Waals surface area contributed by atoms with Gasteiger partial charge >= 0.3 is 5.97 Å². The molecule has 0 aliphatic carbocycles. The van der Waals surface area contributed by atoms with Gasteiger partial charge in [0.15, 0.2) is 0 Å². The Labute approximate surface area is 378 Å². The van der Waals surface area contributed by atoms with Crippen LogP contribution in [0.1, 0.15) is 265 Å². The lowest BCUT2D eigenvalue weighted by Gasteiger charge is -2.24. The first-order valence-electron chi connectivity index (χ1n) is 26.4. The van der Waals surface area contributed by atoms with Gasteiger partial charge in [-0.2, -0.15) is 0 Å². The summed E-state index contributed by atoms with van der Waals surface area (Å²) in [6.45, 7) is 6.28. The van der Waals surface area contributed by atoms with Crippen LogP contribution in [0.2, 0.25) is 0 Å². The SMILES string of the molecule is CC/C=C/C/C=C/CCCCCCCCCC(=O)OC(CCCCCCC/C=C/C/C=C/CC)CC(=O)NC(CO)C(O)CCCCCCCCCCCCCCCCCC. The zero-order valence-electron chi connectivity index (χ0n) is 40.5. The topological polar surface area (TPSA) is 95.9 Å². The first kappa shape index (κ1) is 58.8. The fraction of sp³-hybridized carbons (Fsp3) is 0.818. The molecule has 0 spiro atoms. The van der Waals surface area contributed by atoms with E-state index in [1.54, 1.807) is 0 Å². The minimum atomic E-state index is -0.793. The molecule has 0 rings (SSSR count). The van der Waals surface area contributed by atoms with Crippen LogP contribution in [0.4, 0.5) is 0 Å². The van der Waals surface area contributed by atoms with Crippen molar-refractivity contribution in [2.45, 2.75) is 283 Å². The van der Waals surface area contributed by atoms with Crippen molar-refractivity contribution in [3.63, 3.8) is 0 Å². The number of esters is 1. The highest BCUT2D eigenvalue weighted by molar-refractivity contribution is 5.77. The molecule has 0 aliphatic heterocycles. The van der Waals surface area contributed by atoms with Gasteiger partial charge in [-0.15, -0.1) is 0 Å². The maximum atomic E-state index is 13.2. The second kappa shape index (κ2) is 48.8. The highest BCUT2D eigenvalue weighted by atomic mass is 16.5. The van der Waals surface area contributed by atoms with Crippen LogP contribution in [0.25, 0.3) is 0 Å². The smallest absolute Gasteiger partial charge is 0.306 e. The summed E-state index contributed by atoms with van der Waals surface area (Å²) in [4.78, 5) is 26.1. The highest BCUT2D eigenvalue weighted by Gasteiger charge is 2.24. The number of allylic oxidation sites excluding steroid dienone is 8. The number of ether oxygens (including phenoxy) is 1. The number of aliphatic hydroxyl groups excluding tert-OH is 2. The Kier molecular flexibility index (Phi) is 47.1. The molecule has 3 atom stereocenters. The minimum absolute atomic E-state index is 0.0654. The molecule has 0 aromatic carbocycles. The molecule has 0 heterocycles. The summed E-state index contributed by atoms with van der Waals surface area (Å²) in [5, 5.41) is 23.8. The van der Waals surface area contributed by atoms with Crippen molar-refractivity contribution >= 4 is 11.9 Å². The number of amides is 1. The van der Waals surface area contributed by atoms with Gasteiger partial charge < -0.3 is 20.3 Å². The third kappa shape index (κ3) is 44.2. The average Bonchev–Trinajstić information content (AvgIpc) is 3.25. The lowest BCUT2D eigenvalue weighted by Crippen LogP contribution is -2.46. The minimum Gasteiger partial charge on any atom is -0.462 e. The van der Waals surface area contributed by atoms with Gasteiger partial charge in [0, 0.05) is 6.42 Å². The Morgan fingerprint density at radius 3 is 1.33 bits per heavy atom. The van der Waals surface area contributed by atoms with Crippen molar-refractivity contribution in [1.29, 1.82) is 0 Å². The first-order chi connectivity index (χ1) is 30.0. The van der Waals surface area contributed by atoms with Crippen LogP contribution in [0.3, 0.4) is 0 Å². The van der Waals surface area contributed by atoms with Crippen molar-refractivity contribution < 1.29 is 24.5 Å². The fourth-order valence-electron chi connectivity index (χ4n) is 7.98. The quantitative estimate of drug-likeness (QED) is 0.0322. The van der Waals surface area contributed by atoms with E-state index in [-0.39, 0.29) is 24.9 Å². The normalized spacial score (nSPS) is 13.6. The van der Waals surface area contributed by atoms with Crippen molar-refractivity contribution in [3.05, 3.63) is 48.6 Å². The maximum Gasteiger partial charge on any atom is 0.306 e. The largest absolute Gasteiger partial charge is 0.462 e. The molecule has 0 aliphatic rings. The van der Waals surface area contributed by atoms with Crippen molar-refractivity contribution in [2.24, 2.45) is 0 Å². The van der Waals surface area contributed by atoms with Gasteiger partial charge in [-0.1, -0.05) is 223 Å². The predicted octanol–water partition coefficient (Wildman–Crippen LogP) is 15.8. The van der Waals surface area contributed by atoms with Gasteiger partial charge in [0.25, 0.3) is 0 Å². The highest BCUT2D eigenvalue weighted by Crippen LogP contribution is 2.18. The summed E-state index contributed by atoms with van der Waals surface area (Å²) >= 11 is 0. The van der Waals surface area contributed by atoms with Crippen molar-refractivity contribution in [2.75, 3.05) is 6.61 Å². The third-order valence-electron chi connectivity index (χ3n) is 11.9. The summed E-state index contributed by atoms with van der Waals surface area (Å²) in [6.07, 6.45) is 58.9. The Morgan fingerprint density at radius 2 is 0.885 bits per heavy atom. The summed E-state index contributed by atoms with van der Waals surface area (Å²) in [5.41, 5.74) is 0. The van der Waals surface area contributed by atoms with Gasteiger partial charge in [0.2, 0.25) is 5.91 Å². The van der Waals surface area contributed by atoms with Crippen LogP contribution >= 0.6 is 0 Å². The van der Waals surface area contributed by atoms with Gasteiger partial charge in [-0.25, -0.2) is 0 Å². The molecule has 3 unspecified atom stereocenters. The van der Waals surface area contributed by atoms with Gasteiger partial charge in [-0.05, 0) is 77.0 Å². The second-order valence-corrected chi connectivity index (χ2v) is 17.9. The number of hydrogen-bond acceptors (Lipinski definition) is 5. The lowest BCUT2D eigenvalue weighted by molar-refractivity contribution is -0.151. The molecule has 0 bridgehead atoms. The van der Waals surface area contributed by atoms with Crippen LogP contribution in [0.5, 0.6) is 0 Å². The van der Waals surface area contributed by atoms with E-state index in [1.807, 2.05) is 0 Å². The van der Waals surface area contributed by atoms with Gasteiger partial charge in [0.1, 0.15) is 6.10 Å². The van der Waals surface area contributed by atoms with Crippen LogP contribution in [-0.4, -0.2) is 46.9 Å². The van der Waals surface area contributed by atoms with Crippen LogP contribution in [0.15, 0.2) is 48.6 Å². The fourth-order valence-corrected chi connectivity index (χ4v) is 7.98. The zero-order valence-corrected chi connectivity index (χ0v) is 40.5. The molecule has 0 radical (unpaired) electrons. The summed E-state index contributed by atoms with van der Waals surface area (Å²) in [6, 6.07) is -0.707. The van der Waals surface area contributed by atoms with Crippen LogP contribution < -0.4 is 5.32 Å². The van der Waals surface area contributed by atoms with E-state index in [4.69, 9.17) is 4.74 Å². The Balaban J connectivity index is 4.52. The molecular formula is C55H101NO5. The van der Waals surface area contributed by atoms with Crippen LogP contribution in [-0.2, 0) is 14.3 Å². The molecular weight excluding hydrogens is 755 g/mol. The first-order valence-corrected chi connectivity index (χ1v) is 26.4. The van der Waals surface area contributed by atoms with Crippen molar-refractivity contribution in [1.82, 2.24) is 5.32 Å². The molecule has 61 heavy (non-hydrogen) atoms. The molecule has 0 saturated carbocycles. The van der Waals surface area contributed by atoms with E-state index in [2.05, 4.69) is 74.7 Å². The molecule has 0 saturated heterocycles. The number of unbranched alkanes of at least 4 members (excludes halogenated alkanes) is 27. The van der Waals surface area contributed by atoms with E-state index < -0.39 is 18.2 Å². The summed E-state index contributed by atoms with van der Waals surface area (Å²) < 4.78 is 5.92. The van der Waals surface area contributed by atoms with Gasteiger partial charge in [0.05, 0.1) is 25.2 Å². The van der Waals surface area contributed by atoms with Crippen LogP contribution in [0, 0.1) is 0 Å². The predicted molar refractivity (Wildman–Crippen MR) is 264 cm³/mol. The number of nitrogens with one attached hydrogen (secondary N) is 1. The lowest BCUT2D eigenvalue weighted by atomic mass is 10.0. The van der Waals surface area contributed by atoms with E-state index in [1.165, 1.54) is 122 Å². The molecule has 6 nitrogen and oxygen atoms in total. The maximum absolute atomic E-state index is 13.2. The third-order valence-corrected chi connectivity index (χ3v) is 11.9. The molecule has 0 aromatic rings. The van der Waals surface area contributed by atoms with E-state index in [0.717, 1.165) is 96.3 Å². The number of hydrogen-bond donors (Lipinski definition) is 3. The van der Waals surface area contributed by atoms with E-state index >= 15 is 0 Å². The molecule has 0 fully saturated rings. The molecule has 356 valence electrons. The Morgan fingerprint density at radius 1 is 0.492 bits per heavy atom. The zero-order chi connectivity index (χ0) is 44.5. The molecule has 0 aromatic heterocycles. The Bertz CT molecular complexity index is 1050. The van der Waals surface area contributed by atoms with E-state index in [0.29, 0.717) is 19.3 Å².